The van der Waals surface area contributed by atoms with Crippen LogP contribution in [-0.2, 0) is 11.0 Å². The molecule has 1 aromatic carbocycles. The van der Waals surface area contributed by atoms with Crippen molar-refractivity contribution >= 4 is 22.9 Å². The number of imidazole rings is 1. The summed E-state index contributed by atoms with van der Waals surface area (Å²) in [6.45, 7) is 1.70. The number of fused-ring (bicyclic) bond motifs is 2. The summed E-state index contributed by atoms with van der Waals surface area (Å²) in [5, 5.41) is 7.23. The second kappa shape index (κ2) is 6.37. The van der Waals surface area contributed by atoms with Crippen LogP contribution in [0.25, 0.3) is 17.0 Å². The minimum atomic E-state index is -4.54. The average molecular weight is 413 g/mol. The van der Waals surface area contributed by atoms with Crippen molar-refractivity contribution in [2.24, 2.45) is 0 Å². The molecule has 0 radical (unpaired) electrons. The van der Waals surface area contributed by atoms with E-state index in [2.05, 4.69) is 30.4 Å². The third kappa shape index (κ3) is 2.73. The lowest BCUT2D eigenvalue weighted by molar-refractivity contribution is -0.138. The van der Waals surface area contributed by atoms with Gasteiger partial charge in [-0.1, -0.05) is 18.2 Å². The van der Waals surface area contributed by atoms with E-state index in [9.17, 15) is 18.0 Å². The smallest absolute Gasteiger partial charge is 0.340 e. The predicted octanol–water partition coefficient (Wildman–Crippen LogP) is 3.34. The average Bonchev–Trinajstić information content (AvgIpc) is 3.31. The number of H-pyrrole nitrogens is 1. The zero-order chi connectivity index (χ0) is 21.0. The molecular formula is C19H14F3N7O. The maximum Gasteiger partial charge on any atom is 0.416 e. The molecule has 0 saturated carbocycles. The number of carbonyl (C=O) groups excluding carboxylic acids is 1. The Morgan fingerprint density at radius 2 is 1.97 bits per heavy atom. The zero-order valence-electron chi connectivity index (χ0n) is 15.5. The molecule has 1 aliphatic rings. The molecule has 1 amide bonds. The molecule has 0 bridgehead atoms. The molecule has 4 aromatic rings. The minimum absolute atomic E-state index is 0.0399. The van der Waals surface area contributed by atoms with E-state index < -0.39 is 23.6 Å². The normalized spacial score (nSPS) is 16.5. The van der Waals surface area contributed by atoms with Crippen molar-refractivity contribution in [3.05, 3.63) is 59.3 Å². The fourth-order valence-corrected chi connectivity index (χ4v) is 3.94. The Morgan fingerprint density at radius 3 is 2.77 bits per heavy atom. The third-order valence-electron chi connectivity index (χ3n) is 5.15. The molecule has 3 aromatic heterocycles. The summed E-state index contributed by atoms with van der Waals surface area (Å²) >= 11 is 0. The molecule has 5 rings (SSSR count). The van der Waals surface area contributed by atoms with Crippen LogP contribution in [-0.4, -0.2) is 35.6 Å². The summed E-state index contributed by atoms with van der Waals surface area (Å²) in [5.74, 6) is -0.563. The zero-order valence-corrected chi connectivity index (χ0v) is 15.5. The minimum Gasteiger partial charge on any atom is -0.340 e. The Hall–Kier alpha value is -3.76. The highest BCUT2D eigenvalue weighted by molar-refractivity contribution is 5.95. The van der Waals surface area contributed by atoms with Gasteiger partial charge in [0.2, 0.25) is 5.91 Å². The molecule has 4 heterocycles. The van der Waals surface area contributed by atoms with Crippen molar-refractivity contribution in [3.63, 3.8) is 0 Å². The number of aromatic nitrogens is 6. The van der Waals surface area contributed by atoms with Gasteiger partial charge in [0.1, 0.15) is 17.7 Å². The van der Waals surface area contributed by atoms with Crippen molar-refractivity contribution < 1.29 is 18.0 Å². The van der Waals surface area contributed by atoms with Crippen LogP contribution in [0.4, 0.5) is 19.0 Å². The number of hydrogen-bond donors (Lipinski definition) is 2. The highest BCUT2D eigenvalue weighted by atomic mass is 19.4. The summed E-state index contributed by atoms with van der Waals surface area (Å²) in [6.07, 6.45) is -1.89. The van der Waals surface area contributed by atoms with Gasteiger partial charge in [-0.3, -0.25) is 4.79 Å². The number of aromatic amines is 1. The largest absolute Gasteiger partial charge is 0.416 e. The number of carbonyl (C=O) groups is 1. The Labute approximate surface area is 167 Å². The summed E-state index contributed by atoms with van der Waals surface area (Å²) in [6, 6.07) is 5.31. The van der Waals surface area contributed by atoms with E-state index in [4.69, 9.17) is 0 Å². The van der Waals surface area contributed by atoms with E-state index in [1.54, 1.807) is 6.92 Å². The van der Waals surface area contributed by atoms with Crippen molar-refractivity contribution in [1.29, 1.82) is 0 Å². The van der Waals surface area contributed by atoms with Crippen LogP contribution in [0.1, 0.15) is 34.7 Å². The van der Waals surface area contributed by atoms with E-state index >= 15 is 0 Å². The van der Waals surface area contributed by atoms with E-state index in [1.807, 2.05) is 0 Å². The van der Waals surface area contributed by atoms with Gasteiger partial charge in [-0.05, 0) is 18.6 Å². The molecule has 2 N–H and O–H groups in total. The fourth-order valence-electron chi connectivity index (χ4n) is 3.94. The Kier molecular flexibility index (Phi) is 3.88. The number of hydrogen-bond acceptors (Lipinski definition) is 5. The molecule has 152 valence electrons. The molecule has 0 fully saturated rings. The fraction of sp³-hybridized carbons (Fsp3) is 0.211. The van der Waals surface area contributed by atoms with E-state index in [-0.39, 0.29) is 12.0 Å². The van der Waals surface area contributed by atoms with Crippen LogP contribution in [0, 0.1) is 6.92 Å². The number of nitrogens with one attached hydrogen (secondary N) is 2. The molecule has 11 heteroatoms. The third-order valence-corrected chi connectivity index (χ3v) is 5.15. The maximum absolute atomic E-state index is 13.6. The highest BCUT2D eigenvalue weighted by Gasteiger charge is 2.39. The molecule has 30 heavy (non-hydrogen) atoms. The maximum atomic E-state index is 13.6. The summed E-state index contributed by atoms with van der Waals surface area (Å²) in [7, 11) is 0. The van der Waals surface area contributed by atoms with Gasteiger partial charge >= 0.3 is 6.18 Å². The van der Waals surface area contributed by atoms with Gasteiger partial charge in [-0.2, -0.15) is 23.0 Å². The van der Waals surface area contributed by atoms with Crippen molar-refractivity contribution in [2.75, 3.05) is 5.32 Å². The lowest BCUT2D eigenvalue weighted by atomic mass is 9.83. The molecule has 0 aliphatic carbocycles. The Bertz CT molecular complexity index is 1290. The number of amides is 1. The number of nitrogens with zero attached hydrogens (tertiary/aromatic N) is 5. The first kappa shape index (κ1) is 18.3. The van der Waals surface area contributed by atoms with Crippen molar-refractivity contribution in [2.45, 2.75) is 25.4 Å². The first-order chi connectivity index (χ1) is 14.3. The number of alkyl halides is 3. The van der Waals surface area contributed by atoms with Crippen LogP contribution in [0.5, 0.6) is 0 Å². The molecule has 1 atom stereocenters. The number of rotatable bonds is 2. The lowest BCUT2D eigenvalue weighted by Crippen LogP contribution is -2.26. The lowest BCUT2D eigenvalue weighted by Gasteiger charge is -2.26. The van der Waals surface area contributed by atoms with Gasteiger partial charge in [0.15, 0.2) is 11.5 Å². The Morgan fingerprint density at radius 1 is 1.17 bits per heavy atom. The number of aryl methyl sites for hydroxylation is 1. The summed E-state index contributed by atoms with van der Waals surface area (Å²) < 4.78 is 42.3. The van der Waals surface area contributed by atoms with E-state index in [0.717, 1.165) is 6.07 Å². The first-order valence-electron chi connectivity index (χ1n) is 9.04. The Balaban J connectivity index is 1.74. The van der Waals surface area contributed by atoms with Gasteiger partial charge in [-0.25, -0.2) is 15.0 Å². The summed E-state index contributed by atoms with van der Waals surface area (Å²) in [4.78, 5) is 27.8. The van der Waals surface area contributed by atoms with Gasteiger partial charge in [-0.15, -0.1) is 0 Å². The topological polar surface area (TPSA) is 101 Å². The molecule has 0 spiro atoms. The standard InChI is InChI=1S/C19H14F3N7O/c1-9-14-11(10-4-2-3-5-12(10)19(20,21)22)6-13(30)27-17(14)29(28-9)18-15-16(24-7-23-15)25-8-26-18/h2-5,7-8,11H,6H2,1H3,(H,27,30)(H,23,24,25,26). The molecule has 0 saturated heterocycles. The number of anilines is 1. The number of benzene rings is 1. The van der Waals surface area contributed by atoms with Gasteiger partial charge in [0.25, 0.3) is 0 Å². The van der Waals surface area contributed by atoms with Crippen molar-refractivity contribution in [1.82, 2.24) is 29.7 Å². The molecule has 1 unspecified atom stereocenters. The molecular weight excluding hydrogens is 399 g/mol. The van der Waals surface area contributed by atoms with Crippen LogP contribution in [0.3, 0.4) is 0 Å². The van der Waals surface area contributed by atoms with Crippen LogP contribution in [0.15, 0.2) is 36.9 Å². The first-order valence-corrected chi connectivity index (χ1v) is 9.04. The molecule has 1 aliphatic heterocycles. The second-order valence-electron chi connectivity index (χ2n) is 6.95. The van der Waals surface area contributed by atoms with Gasteiger partial charge < -0.3 is 10.3 Å². The van der Waals surface area contributed by atoms with Gasteiger partial charge in [0, 0.05) is 17.9 Å². The molecule has 8 nitrogen and oxygen atoms in total. The van der Waals surface area contributed by atoms with E-state index in [1.165, 1.54) is 35.5 Å². The summed E-state index contributed by atoms with van der Waals surface area (Å²) in [5.41, 5.74) is 1.20. The second-order valence-corrected chi connectivity index (χ2v) is 6.95. The number of halogens is 3. The predicted molar refractivity (Wildman–Crippen MR) is 100 cm³/mol. The van der Waals surface area contributed by atoms with Crippen LogP contribution in [0.2, 0.25) is 0 Å². The quantitative estimate of drug-likeness (QED) is 0.525. The van der Waals surface area contributed by atoms with E-state index in [0.29, 0.717) is 34.1 Å². The monoisotopic (exact) mass is 413 g/mol. The van der Waals surface area contributed by atoms with Crippen LogP contribution >= 0.6 is 0 Å². The SMILES string of the molecule is Cc1nn(-c2ncnc3nc[nH]c23)c2c1C(c1ccccc1C(F)(F)F)CC(=O)N2. The van der Waals surface area contributed by atoms with Crippen LogP contribution < -0.4 is 5.32 Å². The van der Waals surface area contributed by atoms with Gasteiger partial charge in [0.05, 0.1) is 17.6 Å². The van der Waals surface area contributed by atoms with Crippen molar-refractivity contribution in [3.8, 4) is 5.82 Å². The highest BCUT2D eigenvalue weighted by Crippen LogP contribution is 2.44.